The third-order valence-corrected chi connectivity index (χ3v) is 3.77. The van der Waals surface area contributed by atoms with Crippen molar-refractivity contribution in [2.24, 2.45) is 0 Å². The van der Waals surface area contributed by atoms with Crippen molar-refractivity contribution in [2.75, 3.05) is 0 Å². The maximum absolute atomic E-state index is 10.7. The third-order valence-electron chi connectivity index (χ3n) is 2.78. The lowest BCUT2D eigenvalue weighted by molar-refractivity contribution is 0.541. The Bertz CT molecular complexity index is 317. The minimum absolute atomic E-state index is 0.176. The Labute approximate surface area is 99.0 Å². The van der Waals surface area contributed by atoms with Crippen LogP contribution in [0.2, 0.25) is 0 Å². The molecule has 0 aliphatic carbocycles. The van der Waals surface area contributed by atoms with E-state index in [-0.39, 0.29) is 5.09 Å². The molecule has 0 radical (unpaired) electrons. The molecule has 0 aromatic heterocycles. The van der Waals surface area contributed by atoms with Gasteiger partial charge in [0.25, 0.3) is 5.09 Å². The van der Waals surface area contributed by atoms with E-state index in [9.17, 15) is 8.42 Å². The summed E-state index contributed by atoms with van der Waals surface area (Å²) in [7, 11) is -3.20. The van der Waals surface area contributed by atoms with Crippen LogP contribution < -0.4 is 0 Å². The Balaban J connectivity index is 1.84. The zero-order chi connectivity index (χ0) is 11.9. The van der Waals surface area contributed by atoms with Crippen molar-refractivity contribution in [3.8, 4) is 0 Å². The summed E-state index contributed by atoms with van der Waals surface area (Å²) >= 11 is 0. The number of allylic oxidation sites excluding steroid dienone is 1. The first-order valence-corrected chi connectivity index (χ1v) is 7.72. The molecule has 4 heteroatoms. The molecule has 0 atom stereocenters. The molecule has 0 spiro atoms. The number of hydrogen-bond donors (Lipinski definition) is 0. The van der Waals surface area contributed by atoms with Gasteiger partial charge in [0, 0.05) is 0 Å². The summed E-state index contributed by atoms with van der Waals surface area (Å²) in [5, 5.41) is 0.176. The van der Waals surface area contributed by atoms with Crippen molar-refractivity contribution in [3.05, 3.63) is 11.2 Å². The van der Waals surface area contributed by atoms with Crippen LogP contribution in [0.5, 0.6) is 0 Å². The summed E-state index contributed by atoms with van der Waals surface area (Å²) in [5.74, 6) is 0. The van der Waals surface area contributed by atoms with Crippen LogP contribution in [0.4, 0.5) is 0 Å². The van der Waals surface area contributed by atoms with E-state index in [0.29, 0.717) is 0 Å². The topological polar surface area (TPSA) is 46.7 Å². The zero-order valence-corrected chi connectivity index (χ0v) is 10.9. The first kappa shape index (κ1) is 13.6. The number of rotatable bonds is 9. The van der Waals surface area contributed by atoms with Gasteiger partial charge in [0.05, 0.1) is 0 Å². The van der Waals surface area contributed by atoms with Gasteiger partial charge in [-0.1, -0.05) is 51.9 Å². The number of hydrogen-bond acceptors (Lipinski definition) is 3. The average molecular weight is 246 g/mol. The van der Waals surface area contributed by atoms with Gasteiger partial charge in [-0.25, -0.2) is 0 Å². The molecule has 16 heavy (non-hydrogen) atoms. The Hall–Kier alpha value is -0.510. The van der Waals surface area contributed by atoms with E-state index in [2.05, 4.69) is 11.1 Å². The van der Waals surface area contributed by atoms with Gasteiger partial charge in [-0.05, 0) is 18.9 Å². The van der Waals surface area contributed by atoms with Crippen molar-refractivity contribution >= 4 is 10.1 Å². The fraction of sp³-hybridized carbons (Fsp3) is 0.833. The van der Waals surface area contributed by atoms with Crippen molar-refractivity contribution in [1.29, 1.82) is 0 Å². The second kappa shape index (κ2) is 6.94. The first-order chi connectivity index (χ1) is 7.67. The monoisotopic (exact) mass is 246 g/mol. The van der Waals surface area contributed by atoms with Crippen LogP contribution in [0.1, 0.15) is 64.7 Å². The normalized spacial score (nSPS) is 19.7. The molecule has 0 aromatic carbocycles. The molecule has 3 nitrogen and oxygen atoms in total. The smallest absolute Gasteiger partial charge is 0.361 e. The molecule has 1 rings (SSSR count). The van der Waals surface area contributed by atoms with Gasteiger partial charge >= 0.3 is 10.1 Å². The minimum atomic E-state index is -3.20. The molecule has 0 saturated carbocycles. The molecule has 1 aliphatic heterocycles. The molecular weight excluding hydrogens is 224 g/mol. The lowest BCUT2D eigenvalue weighted by atomic mass is 10.1. The fourth-order valence-corrected chi connectivity index (χ4v) is 2.46. The Kier molecular flexibility index (Phi) is 5.88. The van der Waals surface area contributed by atoms with Crippen molar-refractivity contribution in [1.82, 2.24) is 0 Å². The van der Waals surface area contributed by atoms with E-state index in [1.165, 1.54) is 44.9 Å². The summed E-state index contributed by atoms with van der Waals surface area (Å²) in [6, 6.07) is 0. The molecule has 1 heterocycles. The van der Waals surface area contributed by atoms with Crippen LogP contribution in [0, 0.1) is 0 Å². The van der Waals surface area contributed by atoms with Gasteiger partial charge < -0.3 is 4.18 Å². The molecule has 0 amide bonds. The van der Waals surface area contributed by atoms with E-state index < -0.39 is 10.1 Å². The van der Waals surface area contributed by atoms with Gasteiger partial charge in [-0.15, -0.1) is 0 Å². The van der Waals surface area contributed by atoms with Crippen LogP contribution >= 0.6 is 0 Å². The van der Waals surface area contributed by atoms with Gasteiger partial charge in [0.15, 0.2) is 0 Å². The number of unbranched alkanes of at least 4 members (excludes halogenated alkanes) is 8. The van der Waals surface area contributed by atoms with E-state index in [0.717, 1.165) is 12.8 Å². The average Bonchev–Trinajstić information content (AvgIpc) is 2.84. The quantitative estimate of drug-likeness (QED) is 0.460. The van der Waals surface area contributed by atoms with Crippen LogP contribution in [0.25, 0.3) is 0 Å². The zero-order valence-electron chi connectivity index (χ0n) is 10.1. The summed E-state index contributed by atoms with van der Waals surface area (Å²) in [4.78, 5) is 0. The largest absolute Gasteiger partial charge is 0.374 e. The van der Waals surface area contributed by atoms with E-state index in [1.807, 2.05) is 0 Å². The third kappa shape index (κ3) is 5.54. The molecule has 0 bridgehead atoms. The minimum Gasteiger partial charge on any atom is -0.361 e. The lowest BCUT2D eigenvalue weighted by Gasteiger charge is -1.99. The standard InChI is InChI=1S/C12H22O3S/c1-2-3-4-5-6-7-8-9-10-11-12-15-16(12,13)14/h11H,2-10H2,1H3. The van der Waals surface area contributed by atoms with Gasteiger partial charge in [0.2, 0.25) is 0 Å². The maximum atomic E-state index is 10.7. The summed E-state index contributed by atoms with van der Waals surface area (Å²) in [6.45, 7) is 2.22. The molecule has 94 valence electrons. The predicted molar refractivity (Wildman–Crippen MR) is 65.3 cm³/mol. The van der Waals surface area contributed by atoms with E-state index in [1.54, 1.807) is 6.08 Å². The van der Waals surface area contributed by atoms with Gasteiger partial charge in [0.1, 0.15) is 0 Å². The summed E-state index contributed by atoms with van der Waals surface area (Å²) in [5.41, 5.74) is 0. The Morgan fingerprint density at radius 3 is 2.00 bits per heavy atom. The first-order valence-electron chi connectivity index (χ1n) is 6.31. The highest BCUT2D eigenvalue weighted by Crippen LogP contribution is 2.29. The van der Waals surface area contributed by atoms with Crippen LogP contribution in [-0.2, 0) is 14.3 Å². The van der Waals surface area contributed by atoms with Crippen molar-refractivity contribution in [2.45, 2.75) is 64.7 Å². The molecule has 1 aliphatic rings. The molecular formula is C12H22O3S. The highest BCUT2D eigenvalue weighted by atomic mass is 32.2. The predicted octanol–water partition coefficient (Wildman–Crippen LogP) is 3.72. The highest BCUT2D eigenvalue weighted by molar-refractivity contribution is 7.96. The van der Waals surface area contributed by atoms with Gasteiger partial charge in [-0.3, -0.25) is 0 Å². The van der Waals surface area contributed by atoms with Crippen molar-refractivity contribution < 1.29 is 12.6 Å². The molecule has 1 fully saturated rings. The summed E-state index contributed by atoms with van der Waals surface area (Å²) < 4.78 is 25.7. The highest BCUT2D eigenvalue weighted by Gasteiger charge is 2.39. The second-order valence-corrected chi connectivity index (χ2v) is 5.80. The van der Waals surface area contributed by atoms with Crippen LogP contribution in [-0.4, -0.2) is 8.42 Å². The maximum Gasteiger partial charge on any atom is 0.374 e. The van der Waals surface area contributed by atoms with Crippen LogP contribution in [0.15, 0.2) is 11.2 Å². The molecule has 0 unspecified atom stereocenters. The van der Waals surface area contributed by atoms with E-state index >= 15 is 0 Å². The van der Waals surface area contributed by atoms with Gasteiger partial charge in [-0.2, -0.15) is 8.42 Å². The fourth-order valence-electron chi connectivity index (χ4n) is 1.73. The Morgan fingerprint density at radius 2 is 1.50 bits per heavy atom. The van der Waals surface area contributed by atoms with E-state index in [4.69, 9.17) is 0 Å². The second-order valence-electron chi connectivity index (χ2n) is 4.32. The summed E-state index contributed by atoms with van der Waals surface area (Å²) in [6.07, 6.45) is 12.7. The molecule has 0 N–H and O–H groups in total. The SMILES string of the molecule is CCCCCCCCCCC=C1OS1(=O)=O. The molecule has 0 aromatic rings. The van der Waals surface area contributed by atoms with Crippen molar-refractivity contribution in [3.63, 3.8) is 0 Å². The molecule has 1 saturated heterocycles. The Morgan fingerprint density at radius 1 is 1.00 bits per heavy atom. The lowest BCUT2D eigenvalue weighted by Crippen LogP contribution is -1.80. The van der Waals surface area contributed by atoms with Crippen LogP contribution in [0.3, 0.4) is 0 Å².